The Morgan fingerprint density at radius 3 is 2.19 bits per heavy atom. The van der Waals surface area contributed by atoms with E-state index in [1.165, 1.54) is 5.56 Å². The first-order valence-corrected chi connectivity index (χ1v) is 8.11. The average molecular weight is 290 g/mol. The van der Waals surface area contributed by atoms with E-state index >= 15 is 0 Å². The van der Waals surface area contributed by atoms with Crippen molar-refractivity contribution < 1.29 is 4.79 Å². The maximum absolute atomic E-state index is 12.6. The second-order valence-electron chi connectivity index (χ2n) is 6.15. The minimum absolute atomic E-state index is 0.272. The molecule has 0 heterocycles. The molecule has 0 fully saturated rings. The summed E-state index contributed by atoms with van der Waals surface area (Å²) in [6, 6.07) is 8.17. The molecule has 0 bridgehead atoms. The highest BCUT2D eigenvalue weighted by atomic mass is 16.2. The molecular formula is C18H30N2O. The zero-order chi connectivity index (χ0) is 15.8. The van der Waals surface area contributed by atoms with Crippen LogP contribution in [0, 0.1) is 5.92 Å². The summed E-state index contributed by atoms with van der Waals surface area (Å²) in [6.07, 6.45) is 3.41. The Bertz CT molecular complexity index is 421. The zero-order valence-electron chi connectivity index (χ0n) is 13.9. The average Bonchev–Trinajstić information content (AvgIpc) is 2.46. The second-order valence-corrected chi connectivity index (χ2v) is 6.15. The SMILES string of the molecule is CCC(CC)N(CC(C)C)C(=O)CCc1ccc(N)cc1. The van der Waals surface area contributed by atoms with E-state index in [0.29, 0.717) is 18.4 Å². The van der Waals surface area contributed by atoms with E-state index in [-0.39, 0.29) is 5.91 Å². The third-order valence-corrected chi connectivity index (χ3v) is 3.87. The summed E-state index contributed by atoms with van der Waals surface area (Å²) in [6.45, 7) is 9.52. The van der Waals surface area contributed by atoms with E-state index < -0.39 is 0 Å². The molecule has 0 atom stereocenters. The minimum atomic E-state index is 0.272. The van der Waals surface area contributed by atoms with E-state index in [9.17, 15) is 4.79 Å². The molecule has 3 nitrogen and oxygen atoms in total. The van der Waals surface area contributed by atoms with Crippen LogP contribution in [0.1, 0.15) is 52.5 Å². The first kappa shape index (κ1) is 17.5. The third kappa shape index (κ3) is 5.78. The molecule has 0 radical (unpaired) electrons. The lowest BCUT2D eigenvalue weighted by Gasteiger charge is -2.32. The second kappa shape index (κ2) is 8.71. The molecule has 0 aliphatic carbocycles. The number of nitrogens with zero attached hydrogens (tertiary/aromatic N) is 1. The summed E-state index contributed by atoms with van der Waals surface area (Å²) in [4.78, 5) is 14.7. The fourth-order valence-corrected chi connectivity index (χ4v) is 2.66. The van der Waals surface area contributed by atoms with Crippen molar-refractivity contribution in [3.05, 3.63) is 29.8 Å². The molecule has 0 aromatic heterocycles. The van der Waals surface area contributed by atoms with Crippen molar-refractivity contribution in [3.63, 3.8) is 0 Å². The molecule has 0 aliphatic rings. The maximum atomic E-state index is 12.6. The van der Waals surface area contributed by atoms with E-state index in [1.54, 1.807) is 0 Å². The number of carbonyl (C=O) groups excluding carboxylic acids is 1. The van der Waals surface area contributed by atoms with Gasteiger partial charge in [0.2, 0.25) is 5.91 Å². The van der Waals surface area contributed by atoms with E-state index in [2.05, 4.69) is 32.6 Å². The molecule has 0 unspecified atom stereocenters. The summed E-state index contributed by atoms with van der Waals surface area (Å²) in [5.74, 6) is 0.778. The number of amides is 1. The van der Waals surface area contributed by atoms with Crippen LogP contribution in [-0.2, 0) is 11.2 Å². The van der Waals surface area contributed by atoms with E-state index in [0.717, 1.165) is 31.5 Å². The van der Waals surface area contributed by atoms with Crippen LogP contribution < -0.4 is 5.73 Å². The van der Waals surface area contributed by atoms with Crippen LogP contribution in [0.2, 0.25) is 0 Å². The van der Waals surface area contributed by atoms with Crippen molar-refractivity contribution in [3.8, 4) is 0 Å². The van der Waals surface area contributed by atoms with Crippen molar-refractivity contribution in [2.45, 2.75) is 59.4 Å². The largest absolute Gasteiger partial charge is 0.399 e. The number of nitrogens with two attached hydrogens (primary N) is 1. The molecule has 118 valence electrons. The summed E-state index contributed by atoms with van der Waals surface area (Å²) in [5.41, 5.74) is 7.63. The van der Waals surface area contributed by atoms with Crippen LogP contribution in [-0.4, -0.2) is 23.4 Å². The molecule has 0 aliphatic heterocycles. The van der Waals surface area contributed by atoms with Crippen LogP contribution in [0.4, 0.5) is 5.69 Å². The third-order valence-electron chi connectivity index (χ3n) is 3.87. The van der Waals surface area contributed by atoms with Gasteiger partial charge in [-0.15, -0.1) is 0 Å². The number of carbonyl (C=O) groups is 1. The Morgan fingerprint density at radius 1 is 1.14 bits per heavy atom. The van der Waals surface area contributed by atoms with Gasteiger partial charge >= 0.3 is 0 Å². The number of anilines is 1. The van der Waals surface area contributed by atoms with Crippen LogP contribution in [0.3, 0.4) is 0 Å². The molecule has 1 aromatic rings. The monoisotopic (exact) mass is 290 g/mol. The van der Waals surface area contributed by atoms with Crippen LogP contribution >= 0.6 is 0 Å². The molecule has 3 heteroatoms. The highest BCUT2D eigenvalue weighted by Crippen LogP contribution is 2.15. The fraction of sp³-hybridized carbons (Fsp3) is 0.611. The number of rotatable bonds is 8. The molecular weight excluding hydrogens is 260 g/mol. The predicted octanol–water partition coefficient (Wildman–Crippen LogP) is 3.87. The van der Waals surface area contributed by atoms with Gasteiger partial charge in [0, 0.05) is 24.7 Å². The van der Waals surface area contributed by atoms with Crippen molar-refractivity contribution in [2.75, 3.05) is 12.3 Å². The van der Waals surface area contributed by atoms with Gasteiger partial charge in [-0.05, 0) is 42.9 Å². The highest BCUT2D eigenvalue weighted by Gasteiger charge is 2.21. The van der Waals surface area contributed by atoms with Crippen molar-refractivity contribution in [2.24, 2.45) is 5.92 Å². The van der Waals surface area contributed by atoms with Gasteiger partial charge in [0.05, 0.1) is 0 Å². The molecule has 21 heavy (non-hydrogen) atoms. The topological polar surface area (TPSA) is 46.3 Å². The Labute approximate surface area is 129 Å². The molecule has 0 spiro atoms. The lowest BCUT2D eigenvalue weighted by Crippen LogP contribution is -2.42. The first-order chi connectivity index (χ1) is 9.97. The van der Waals surface area contributed by atoms with Gasteiger partial charge in [-0.1, -0.05) is 39.8 Å². The summed E-state index contributed by atoms with van der Waals surface area (Å²) in [7, 11) is 0. The Kier molecular flexibility index (Phi) is 7.27. The van der Waals surface area contributed by atoms with Crippen molar-refractivity contribution in [1.82, 2.24) is 4.90 Å². The van der Waals surface area contributed by atoms with Crippen LogP contribution in [0.15, 0.2) is 24.3 Å². The lowest BCUT2D eigenvalue weighted by atomic mass is 10.0. The Morgan fingerprint density at radius 2 is 1.71 bits per heavy atom. The molecule has 1 rings (SSSR count). The standard InChI is InChI=1S/C18H30N2O/c1-5-17(6-2)20(13-14(3)4)18(21)12-9-15-7-10-16(19)11-8-15/h7-8,10-11,14,17H,5-6,9,12-13,19H2,1-4H3. The minimum Gasteiger partial charge on any atom is -0.399 e. The molecule has 1 aromatic carbocycles. The predicted molar refractivity (Wildman–Crippen MR) is 90.1 cm³/mol. The quantitative estimate of drug-likeness (QED) is 0.739. The summed E-state index contributed by atoms with van der Waals surface area (Å²) < 4.78 is 0. The number of benzene rings is 1. The maximum Gasteiger partial charge on any atom is 0.223 e. The highest BCUT2D eigenvalue weighted by molar-refractivity contribution is 5.76. The van der Waals surface area contributed by atoms with Gasteiger partial charge < -0.3 is 10.6 Å². The number of nitrogen functional groups attached to an aromatic ring is 1. The van der Waals surface area contributed by atoms with Gasteiger partial charge in [0.1, 0.15) is 0 Å². The van der Waals surface area contributed by atoms with Gasteiger partial charge in [0.25, 0.3) is 0 Å². The van der Waals surface area contributed by atoms with Gasteiger partial charge in [-0.2, -0.15) is 0 Å². The number of hydrogen-bond acceptors (Lipinski definition) is 2. The number of aryl methyl sites for hydroxylation is 1. The molecule has 0 saturated carbocycles. The Balaban J connectivity index is 2.65. The van der Waals surface area contributed by atoms with Gasteiger partial charge in [-0.3, -0.25) is 4.79 Å². The first-order valence-electron chi connectivity index (χ1n) is 8.11. The van der Waals surface area contributed by atoms with Crippen molar-refractivity contribution >= 4 is 11.6 Å². The molecule has 0 saturated heterocycles. The van der Waals surface area contributed by atoms with E-state index in [1.807, 2.05) is 24.3 Å². The lowest BCUT2D eigenvalue weighted by molar-refractivity contribution is -0.134. The van der Waals surface area contributed by atoms with Gasteiger partial charge in [-0.25, -0.2) is 0 Å². The van der Waals surface area contributed by atoms with Crippen LogP contribution in [0.25, 0.3) is 0 Å². The smallest absolute Gasteiger partial charge is 0.223 e. The summed E-state index contributed by atoms with van der Waals surface area (Å²) >= 11 is 0. The normalized spacial score (nSPS) is 11.1. The zero-order valence-corrected chi connectivity index (χ0v) is 13.9. The molecule has 1 amide bonds. The van der Waals surface area contributed by atoms with Crippen LogP contribution in [0.5, 0.6) is 0 Å². The van der Waals surface area contributed by atoms with E-state index in [4.69, 9.17) is 5.73 Å². The number of hydrogen-bond donors (Lipinski definition) is 1. The van der Waals surface area contributed by atoms with Gasteiger partial charge in [0.15, 0.2) is 0 Å². The summed E-state index contributed by atoms with van der Waals surface area (Å²) in [5, 5.41) is 0. The molecule has 2 N–H and O–H groups in total. The van der Waals surface area contributed by atoms with Crippen molar-refractivity contribution in [1.29, 1.82) is 0 Å². The Hall–Kier alpha value is -1.51. The fourth-order valence-electron chi connectivity index (χ4n) is 2.66.